The summed E-state index contributed by atoms with van der Waals surface area (Å²) in [5.41, 5.74) is 2.20. The van der Waals surface area contributed by atoms with Crippen molar-refractivity contribution in [1.29, 1.82) is 0 Å². The van der Waals surface area contributed by atoms with Gasteiger partial charge in [0.25, 0.3) is 0 Å². The first-order valence-electron chi connectivity index (χ1n) is 8.33. The van der Waals surface area contributed by atoms with Gasteiger partial charge in [0.05, 0.1) is 21.8 Å². The summed E-state index contributed by atoms with van der Waals surface area (Å²) in [6.45, 7) is 6.14. The zero-order valence-electron chi connectivity index (χ0n) is 14.7. The van der Waals surface area contributed by atoms with Gasteiger partial charge in [-0.05, 0) is 49.4 Å². The molecule has 0 fully saturated rings. The predicted molar refractivity (Wildman–Crippen MR) is 99.8 cm³/mol. The Bertz CT molecular complexity index is 989. The van der Waals surface area contributed by atoms with Crippen LogP contribution >= 0.6 is 11.6 Å². The number of halogens is 1. The molecule has 1 atom stereocenters. The van der Waals surface area contributed by atoms with E-state index in [1.165, 1.54) is 0 Å². The van der Waals surface area contributed by atoms with Gasteiger partial charge in [-0.25, -0.2) is 9.67 Å². The fourth-order valence-electron chi connectivity index (χ4n) is 2.91. The fourth-order valence-corrected chi connectivity index (χ4v) is 3.12. The third kappa shape index (κ3) is 2.86. The number of aromatic nitrogens is 4. The Kier molecular flexibility index (Phi) is 4.00. The Balaban J connectivity index is 1.87. The maximum atomic E-state index is 6.35. The molecule has 0 saturated heterocycles. The minimum atomic E-state index is -0.468. The highest BCUT2D eigenvalue weighted by molar-refractivity contribution is 6.33. The number of fused-ring (bicyclic) bond motifs is 1. The largest absolute Gasteiger partial charge is 0.461 e. The van der Waals surface area contributed by atoms with Gasteiger partial charge in [0.1, 0.15) is 0 Å². The second-order valence-corrected chi connectivity index (χ2v) is 7.48. The molecule has 2 aromatic carbocycles. The maximum Gasteiger partial charge on any atom is 0.223 e. The van der Waals surface area contributed by atoms with Crippen molar-refractivity contribution in [2.75, 3.05) is 0 Å². The van der Waals surface area contributed by atoms with Crippen molar-refractivity contribution < 1.29 is 4.74 Å². The Hall–Kier alpha value is -2.73. The van der Waals surface area contributed by atoms with Gasteiger partial charge < -0.3 is 4.74 Å². The van der Waals surface area contributed by atoms with E-state index in [0.717, 1.165) is 16.8 Å². The van der Waals surface area contributed by atoms with Gasteiger partial charge in [-0.3, -0.25) is 0 Å². The molecule has 3 aromatic rings. The average molecular weight is 368 g/mol. The maximum absolute atomic E-state index is 6.35. The second-order valence-electron chi connectivity index (χ2n) is 7.07. The molecule has 0 aliphatic carbocycles. The van der Waals surface area contributed by atoms with Crippen LogP contribution in [-0.4, -0.2) is 26.1 Å². The van der Waals surface area contributed by atoms with Crippen LogP contribution in [0.1, 0.15) is 43.8 Å². The topological polar surface area (TPSA) is 65.2 Å². The summed E-state index contributed by atoms with van der Waals surface area (Å²) in [6, 6.07) is 15.3. The van der Waals surface area contributed by atoms with Crippen molar-refractivity contribution in [3.63, 3.8) is 0 Å². The number of hydrogen-bond acceptors (Lipinski definition) is 5. The Morgan fingerprint density at radius 2 is 1.77 bits per heavy atom. The summed E-state index contributed by atoms with van der Waals surface area (Å²) in [5.74, 6) is 1.09. The lowest BCUT2D eigenvalue weighted by atomic mass is 10.0. The zero-order valence-corrected chi connectivity index (χ0v) is 15.5. The Labute approximate surface area is 156 Å². The molecule has 0 bridgehead atoms. The van der Waals surface area contributed by atoms with E-state index in [2.05, 4.69) is 20.5 Å². The molecule has 1 aliphatic heterocycles. The molecule has 26 heavy (non-hydrogen) atoms. The van der Waals surface area contributed by atoms with E-state index in [4.69, 9.17) is 16.3 Å². The van der Waals surface area contributed by atoms with Crippen LogP contribution in [0.5, 0.6) is 0 Å². The molecule has 1 aromatic heterocycles. The lowest BCUT2D eigenvalue weighted by Gasteiger charge is -2.28. The van der Waals surface area contributed by atoms with Crippen LogP contribution in [-0.2, 0) is 10.3 Å². The highest BCUT2D eigenvalue weighted by Crippen LogP contribution is 2.38. The standard InChI is InChI=1S/C19H18ClN5O/c1-19(2,3)25-17(22-23-24-25)16-13-9-5-7-11-15(13)21-18(26-16)12-8-4-6-10-14(12)20/h4-11,16H,1-3H3. The number of ether oxygens (including phenoxy) is 1. The molecule has 6 nitrogen and oxygen atoms in total. The predicted octanol–water partition coefficient (Wildman–Crippen LogP) is 4.28. The number of para-hydroxylation sites is 1. The smallest absolute Gasteiger partial charge is 0.223 e. The van der Waals surface area contributed by atoms with Crippen molar-refractivity contribution in [2.24, 2.45) is 4.99 Å². The molecule has 0 amide bonds. The van der Waals surface area contributed by atoms with Crippen molar-refractivity contribution >= 4 is 23.2 Å². The van der Waals surface area contributed by atoms with Gasteiger partial charge in [0.2, 0.25) is 5.90 Å². The second kappa shape index (κ2) is 6.21. The van der Waals surface area contributed by atoms with Gasteiger partial charge in [-0.1, -0.05) is 41.9 Å². The summed E-state index contributed by atoms with van der Waals surface area (Å²) in [5, 5.41) is 12.9. The van der Waals surface area contributed by atoms with E-state index in [1.807, 2.05) is 69.3 Å². The zero-order chi connectivity index (χ0) is 18.3. The van der Waals surface area contributed by atoms with E-state index >= 15 is 0 Å². The molecular weight excluding hydrogens is 350 g/mol. The van der Waals surface area contributed by atoms with Crippen LogP contribution in [0, 0.1) is 0 Å². The molecule has 1 aliphatic rings. The van der Waals surface area contributed by atoms with Gasteiger partial charge in [-0.15, -0.1) is 5.10 Å². The van der Waals surface area contributed by atoms with Crippen molar-refractivity contribution in [3.05, 3.63) is 70.5 Å². The van der Waals surface area contributed by atoms with Crippen LogP contribution in [0.4, 0.5) is 5.69 Å². The quantitative estimate of drug-likeness (QED) is 0.678. The summed E-state index contributed by atoms with van der Waals surface area (Å²) < 4.78 is 8.04. The molecule has 0 spiro atoms. The molecule has 7 heteroatoms. The Morgan fingerprint density at radius 1 is 1.04 bits per heavy atom. The van der Waals surface area contributed by atoms with Crippen molar-refractivity contribution in [2.45, 2.75) is 32.4 Å². The van der Waals surface area contributed by atoms with Gasteiger partial charge >= 0.3 is 0 Å². The first kappa shape index (κ1) is 16.7. The van der Waals surface area contributed by atoms with Gasteiger partial charge in [0, 0.05) is 5.56 Å². The average Bonchev–Trinajstić information content (AvgIpc) is 3.11. The number of nitrogens with zero attached hydrogens (tertiary/aromatic N) is 5. The van der Waals surface area contributed by atoms with E-state index in [-0.39, 0.29) is 5.54 Å². The number of tetrazole rings is 1. The molecule has 132 valence electrons. The van der Waals surface area contributed by atoms with Crippen LogP contribution in [0.25, 0.3) is 0 Å². The molecule has 1 unspecified atom stereocenters. The van der Waals surface area contributed by atoms with E-state index in [1.54, 1.807) is 4.68 Å². The van der Waals surface area contributed by atoms with Crippen LogP contribution in [0.3, 0.4) is 0 Å². The molecule has 0 N–H and O–H groups in total. The van der Waals surface area contributed by atoms with Crippen molar-refractivity contribution in [3.8, 4) is 0 Å². The number of aliphatic imine (C=N–C) groups is 1. The fraction of sp³-hybridized carbons (Fsp3) is 0.263. The first-order chi connectivity index (χ1) is 12.4. The third-order valence-corrected chi connectivity index (χ3v) is 4.47. The van der Waals surface area contributed by atoms with Crippen molar-refractivity contribution in [1.82, 2.24) is 20.2 Å². The number of rotatable bonds is 2. The van der Waals surface area contributed by atoms with Gasteiger partial charge in [0.15, 0.2) is 11.9 Å². The number of hydrogen-bond donors (Lipinski definition) is 0. The van der Waals surface area contributed by atoms with E-state index < -0.39 is 6.10 Å². The lowest BCUT2D eigenvalue weighted by Crippen LogP contribution is -2.29. The van der Waals surface area contributed by atoms with Crippen LogP contribution in [0.15, 0.2) is 53.5 Å². The summed E-state index contributed by atoms with van der Waals surface area (Å²) in [6.07, 6.45) is -0.468. The Morgan fingerprint density at radius 3 is 2.54 bits per heavy atom. The SMILES string of the molecule is CC(C)(C)n1nnnc1C1OC(c2ccccc2Cl)=Nc2ccccc21. The van der Waals surface area contributed by atoms with Crippen LogP contribution < -0.4 is 0 Å². The summed E-state index contributed by atoms with van der Waals surface area (Å²) >= 11 is 6.35. The molecular formula is C19H18ClN5O. The van der Waals surface area contributed by atoms with E-state index in [0.29, 0.717) is 16.7 Å². The summed E-state index contributed by atoms with van der Waals surface area (Å²) in [7, 11) is 0. The summed E-state index contributed by atoms with van der Waals surface area (Å²) in [4.78, 5) is 4.66. The monoisotopic (exact) mass is 367 g/mol. The normalized spacial score (nSPS) is 16.6. The first-order valence-corrected chi connectivity index (χ1v) is 8.71. The molecule has 0 radical (unpaired) electrons. The number of benzene rings is 2. The van der Waals surface area contributed by atoms with Gasteiger partial charge in [-0.2, -0.15) is 0 Å². The van der Waals surface area contributed by atoms with Crippen LogP contribution in [0.2, 0.25) is 5.02 Å². The molecule has 2 heterocycles. The molecule has 4 rings (SSSR count). The van der Waals surface area contributed by atoms with E-state index in [9.17, 15) is 0 Å². The minimum Gasteiger partial charge on any atom is -0.461 e. The third-order valence-electron chi connectivity index (χ3n) is 4.14. The highest BCUT2D eigenvalue weighted by atomic mass is 35.5. The lowest BCUT2D eigenvalue weighted by molar-refractivity contribution is 0.197. The minimum absolute atomic E-state index is 0.281. The molecule has 0 saturated carbocycles. The highest BCUT2D eigenvalue weighted by Gasteiger charge is 2.33.